The van der Waals surface area contributed by atoms with Gasteiger partial charge in [0, 0.05) is 18.9 Å². The first-order valence-electron chi connectivity index (χ1n) is 6.55. The molecule has 1 aromatic carbocycles. The van der Waals surface area contributed by atoms with Crippen LogP contribution in [0.3, 0.4) is 0 Å². The van der Waals surface area contributed by atoms with Crippen molar-refractivity contribution in [3.8, 4) is 0 Å². The van der Waals surface area contributed by atoms with Gasteiger partial charge in [-0.1, -0.05) is 36.8 Å². The monoisotopic (exact) mass is 243 g/mol. The van der Waals surface area contributed by atoms with E-state index in [1.54, 1.807) is 0 Å². The van der Waals surface area contributed by atoms with E-state index >= 15 is 0 Å². The first-order chi connectivity index (χ1) is 8.70. The normalized spacial score (nSPS) is 12.4. The Hall–Kier alpha value is -1.77. The molecule has 0 saturated heterocycles. The summed E-state index contributed by atoms with van der Waals surface area (Å²) in [4.78, 5) is 4.37. The van der Waals surface area contributed by atoms with Gasteiger partial charge in [0.1, 0.15) is 0 Å². The van der Waals surface area contributed by atoms with Gasteiger partial charge in [-0.05, 0) is 25.8 Å². The molecule has 0 bridgehead atoms. The number of aryl methyl sites for hydroxylation is 2. The highest BCUT2D eigenvalue weighted by Crippen LogP contribution is 2.18. The highest BCUT2D eigenvalue weighted by atomic mass is 15.2. The summed E-state index contributed by atoms with van der Waals surface area (Å²) < 4.78 is 2.16. The molecule has 1 heterocycles. The molecule has 1 N–H and O–H groups in total. The second kappa shape index (κ2) is 5.71. The molecule has 18 heavy (non-hydrogen) atoms. The van der Waals surface area contributed by atoms with Crippen molar-refractivity contribution < 1.29 is 0 Å². The quantitative estimate of drug-likeness (QED) is 0.866. The van der Waals surface area contributed by atoms with E-state index in [0.29, 0.717) is 0 Å². The summed E-state index contributed by atoms with van der Waals surface area (Å²) >= 11 is 0. The summed E-state index contributed by atoms with van der Waals surface area (Å²) in [6.07, 6.45) is 4.98. The zero-order valence-electron chi connectivity index (χ0n) is 11.4. The average Bonchev–Trinajstić information content (AvgIpc) is 2.78. The maximum atomic E-state index is 4.37. The van der Waals surface area contributed by atoms with Gasteiger partial charge >= 0.3 is 0 Å². The van der Waals surface area contributed by atoms with Crippen molar-refractivity contribution in [1.82, 2.24) is 9.55 Å². The SMILES string of the molecule is CCCn1ccnc1NC(C)c1ccc(C)cc1. The van der Waals surface area contributed by atoms with E-state index < -0.39 is 0 Å². The number of imidazole rings is 1. The van der Waals surface area contributed by atoms with Crippen molar-refractivity contribution in [2.75, 3.05) is 5.32 Å². The molecular formula is C15H21N3. The van der Waals surface area contributed by atoms with Crippen LogP contribution in [0.25, 0.3) is 0 Å². The van der Waals surface area contributed by atoms with Crippen molar-refractivity contribution in [3.05, 3.63) is 47.8 Å². The van der Waals surface area contributed by atoms with Gasteiger partial charge in [0.15, 0.2) is 0 Å². The van der Waals surface area contributed by atoms with Gasteiger partial charge < -0.3 is 9.88 Å². The molecule has 1 aromatic heterocycles. The Balaban J connectivity index is 2.08. The largest absolute Gasteiger partial charge is 0.349 e. The van der Waals surface area contributed by atoms with Gasteiger partial charge in [0.05, 0.1) is 6.04 Å². The summed E-state index contributed by atoms with van der Waals surface area (Å²) in [5.74, 6) is 0.949. The lowest BCUT2D eigenvalue weighted by molar-refractivity contribution is 0.674. The highest BCUT2D eigenvalue weighted by Gasteiger charge is 2.08. The van der Waals surface area contributed by atoms with Crippen LogP contribution < -0.4 is 5.32 Å². The minimum atomic E-state index is 0.267. The van der Waals surface area contributed by atoms with Gasteiger partial charge in [0.2, 0.25) is 5.95 Å². The Labute approximate surface area is 109 Å². The lowest BCUT2D eigenvalue weighted by Gasteiger charge is -2.16. The van der Waals surface area contributed by atoms with Crippen LogP contribution in [-0.2, 0) is 6.54 Å². The molecule has 0 aliphatic carbocycles. The van der Waals surface area contributed by atoms with Crippen molar-refractivity contribution in [3.63, 3.8) is 0 Å². The van der Waals surface area contributed by atoms with Crippen LogP contribution in [0.5, 0.6) is 0 Å². The van der Waals surface area contributed by atoms with Crippen LogP contribution in [0.2, 0.25) is 0 Å². The maximum absolute atomic E-state index is 4.37. The van der Waals surface area contributed by atoms with Gasteiger partial charge in [-0.2, -0.15) is 0 Å². The van der Waals surface area contributed by atoms with Crippen LogP contribution in [0.4, 0.5) is 5.95 Å². The predicted molar refractivity (Wildman–Crippen MR) is 75.7 cm³/mol. The second-order valence-corrected chi connectivity index (χ2v) is 4.72. The number of hydrogen-bond donors (Lipinski definition) is 1. The van der Waals surface area contributed by atoms with Crippen molar-refractivity contribution in [2.24, 2.45) is 0 Å². The summed E-state index contributed by atoms with van der Waals surface area (Å²) in [5, 5.41) is 3.46. The van der Waals surface area contributed by atoms with Crippen LogP contribution in [0.15, 0.2) is 36.7 Å². The van der Waals surface area contributed by atoms with E-state index in [4.69, 9.17) is 0 Å². The minimum absolute atomic E-state index is 0.267. The standard InChI is InChI=1S/C15H21N3/c1-4-10-18-11-9-16-15(18)17-13(3)14-7-5-12(2)6-8-14/h5-9,11,13H,4,10H2,1-3H3,(H,16,17). The Morgan fingerprint density at radius 3 is 2.67 bits per heavy atom. The molecule has 0 amide bonds. The number of nitrogens with zero attached hydrogens (tertiary/aromatic N) is 2. The molecule has 3 heteroatoms. The van der Waals surface area contributed by atoms with E-state index in [1.165, 1.54) is 11.1 Å². The van der Waals surface area contributed by atoms with Crippen molar-refractivity contribution >= 4 is 5.95 Å². The molecule has 1 unspecified atom stereocenters. The molecule has 96 valence electrons. The van der Waals surface area contributed by atoms with Gasteiger partial charge in [0.25, 0.3) is 0 Å². The third-order valence-electron chi connectivity index (χ3n) is 3.10. The molecule has 0 aliphatic rings. The fourth-order valence-corrected chi connectivity index (χ4v) is 2.00. The lowest BCUT2D eigenvalue weighted by Crippen LogP contribution is -2.11. The fourth-order valence-electron chi connectivity index (χ4n) is 2.00. The molecule has 0 spiro atoms. The summed E-state index contributed by atoms with van der Waals surface area (Å²) in [6.45, 7) is 7.45. The molecule has 3 nitrogen and oxygen atoms in total. The number of benzene rings is 1. The summed E-state index contributed by atoms with van der Waals surface area (Å²) in [7, 11) is 0. The van der Waals surface area contributed by atoms with E-state index in [2.05, 4.69) is 59.9 Å². The molecule has 0 radical (unpaired) electrons. The molecular weight excluding hydrogens is 222 g/mol. The summed E-state index contributed by atoms with van der Waals surface area (Å²) in [5.41, 5.74) is 2.57. The van der Waals surface area contributed by atoms with E-state index in [1.807, 2.05) is 12.4 Å². The van der Waals surface area contributed by atoms with E-state index in [0.717, 1.165) is 18.9 Å². The molecule has 1 atom stereocenters. The van der Waals surface area contributed by atoms with Crippen LogP contribution in [0, 0.1) is 6.92 Å². The van der Waals surface area contributed by atoms with Crippen molar-refractivity contribution in [1.29, 1.82) is 0 Å². The number of aromatic nitrogens is 2. The zero-order valence-corrected chi connectivity index (χ0v) is 11.4. The molecule has 0 fully saturated rings. The maximum Gasteiger partial charge on any atom is 0.203 e. The van der Waals surface area contributed by atoms with E-state index in [-0.39, 0.29) is 6.04 Å². The average molecular weight is 243 g/mol. The first kappa shape index (κ1) is 12.7. The number of nitrogens with one attached hydrogen (secondary N) is 1. The third kappa shape index (κ3) is 2.92. The number of rotatable bonds is 5. The third-order valence-corrected chi connectivity index (χ3v) is 3.10. The smallest absolute Gasteiger partial charge is 0.203 e. The zero-order chi connectivity index (χ0) is 13.0. The Bertz CT molecular complexity index is 485. The lowest BCUT2D eigenvalue weighted by atomic mass is 10.1. The van der Waals surface area contributed by atoms with Gasteiger partial charge in [-0.25, -0.2) is 4.98 Å². The second-order valence-electron chi connectivity index (χ2n) is 4.72. The van der Waals surface area contributed by atoms with E-state index in [9.17, 15) is 0 Å². The van der Waals surface area contributed by atoms with Crippen LogP contribution >= 0.6 is 0 Å². The van der Waals surface area contributed by atoms with Crippen molar-refractivity contribution in [2.45, 2.75) is 39.8 Å². The van der Waals surface area contributed by atoms with Crippen LogP contribution in [0.1, 0.15) is 37.4 Å². The number of hydrogen-bond acceptors (Lipinski definition) is 2. The Morgan fingerprint density at radius 2 is 2.00 bits per heavy atom. The fraction of sp³-hybridized carbons (Fsp3) is 0.400. The molecule has 2 rings (SSSR count). The Kier molecular flexibility index (Phi) is 4.03. The van der Waals surface area contributed by atoms with Gasteiger partial charge in [-0.3, -0.25) is 0 Å². The number of anilines is 1. The summed E-state index contributed by atoms with van der Waals surface area (Å²) in [6, 6.07) is 8.89. The predicted octanol–water partition coefficient (Wildman–Crippen LogP) is 3.77. The topological polar surface area (TPSA) is 29.9 Å². The highest BCUT2D eigenvalue weighted by molar-refractivity contribution is 5.33. The minimum Gasteiger partial charge on any atom is -0.349 e. The molecule has 0 saturated carbocycles. The van der Waals surface area contributed by atoms with Crippen LogP contribution in [-0.4, -0.2) is 9.55 Å². The molecule has 2 aromatic rings. The van der Waals surface area contributed by atoms with Gasteiger partial charge in [-0.15, -0.1) is 0 Å². The first-order valence-corrected chi connectivity index (χ1v) is 6.55. The Morgan fingerprint density at radius 1 is 1.28 bits per heavy atom. The molecule has 0 aliphatic heterocycles.